The minimum absolute atomic E-state index is 0.268. The second kappa shape index (κ2) is 7.57. The molecule has 96 valence electrons. The van der Waals surface area contributed by atoms with Crippen LogP contribution < -0.4 is 0 Å². The molecule has 1 rings (SSSR count). The Kier molecular flexibility index (Phi) is 6.78. The van der Waals surface area contributed by atoms with Crippen molar-refractivity contribution in [2.24, 2.45) is 0 Å². The number of aliphatic hydroxyl groups is 1. The van der Waals surface area contributed by atoms with Crippen LogP contribution in [0.1, 0.15) is 51.4 Å². The van der Waals surface area contributed by atoms with Gasteiger partial charge in [0.15, 0.2) is 0 Å². The maximum Gasteiger partial charge on any atom is 0.0431 e. The van der Waals surface area contributed by atoms with Gasteiger partial charge < -0.3 is 10.0 Å². The molecule has 0 heterocycles. The maximum atomic E-state index is 8.71. The molecule has 1 N–H and O–H groups in total. The Bertz CT molecular complexity index is 181. The minimum atomic E-state index is 0.268. The second-order valence-corrected chi connectivity index (χ2v) is 6.26. The first kappa shape index (κ1) is 14.3. The van der Waals surface area contributed by atoms with Crippen LogP contribution >= 0.6 is 12.6 Å². The molecular weight excluding hydrogens is 218 g/mol. The van der Waals surface area contributed by atoms with Crippen LogP contribution in [0.4, 0.5) is 0 Å². The molecule has 0 radical (unpaired) electrons. The third-order valence-corrected chi connectivity index (χ3v) is 4.14. The molecule has 0 saturated heterocycles. The van der Waals surface area contributed by atoms with E-state index in [1.807, 2.05) is 0 Å². The quantitative estimate of drug-likeness (QED) is 0.532. The number of hydrogen-bond acceptors (Lipinski definition) is 3. The highest BCUT2D eigenvalue weighted by Gasteiger charge is 2.28. The summed E-state index contributed by atoms with van der Waals surface area (Å²) >= 11 is 4.87. The molecule has 0 aromatic heterocycles. The van der Waals surface area contributed by atoms with E-state index < -0.39 is 0 Å². The third-order valence-electron chi connectivity index (χ3n) is 3.55. The van der Waals surface area contributed by atoms with Gasteiger partial charge in [-0.2, -0.15) is 12.6 Å². The van der Waals surface area contributed by atoms with Crippen LogP contribution in [0.5, 0.6) is 0 Å². The van der Waals surface area contributed by atoms with Crippen molar-refractivity contribution in [3.05, 3.63) is 0 Å². The molecule has 0 atom stereocenters. The second-order valence-electron chi connectivity index (χ2n) is 5.31. The van der Waals surface area contributed by atoms with Gasteiger partial charge in [-0.25, -0.2) is 0 Å². The van der Waals surface area contributed by atoms with Crippen molar-refractivity contribution < 1.29 is 5.11 Å². The van der Waals surface area contributed by atoms with Gasteiger partial charge in [0.2, 0.25) is 0 Å². The van der Waals surface area contributed by atoms with Gasteiger partial charge in [-0.15, -0.1) is 0 Å². The van der Waals surface area contributed by atoms with Gasteiger partial charge in [-0.1, -0.05) is 19.3 Å². The normalized spacial score (nSPS) is 20.2. The lowest BCUT2D eigenvalue weighted by Crippen LogP contribution is -2.39. The van der Waals surface area contributed by atoms with Crippen molar-refractivity contribution in [2.75, 3.05) is 26.7 Å². The first-order valence-electron chi connectivity index (χ1n) is 6.68. The van der Waals surface area contributed by atoms with E-state index in [1.165, 1.54) is 38.5 Å². The van der Waals surface area contributed by atoms with Crippen molar-refractivity contribution in [3.63, 3.8) is 0 Å². The zero-order valence-electron chi connectivity index (χ0n) is 10.6. The van der Waals surface area contributed by atoms with E-state index in [9.17, 15) is 0 Å². The van der Waals surface area contributed by atoms with E-state index in [4.69, 9.17) is 17.7 Å². The molecule has 0 aromatic carbocycles. The zero-order valence-corrected chi connectivity index (χ0v) is 11.5. The standard InChI is InChI=1S/C13H27NOS/c1-14(10-6-3-7-11-15)12-13(16)8-4-2-5-9-13/h15-16H,2-12H2,1H3. The number of unbranched alkanes of at least 4 members (excludes halogenated alkanes) is 2. The predicted octanol–water partition coefficient (Wildman–Crippen LogP) is 2.71. The van der Waals surface area contributed by atoms with E-state index in [-0.39, 0.29) is 4.75 Å². The number of hydrogen-bond donors (Lipinski definition) is 2. The van der Waals surface area contributed by atoms with Crippen LogP contribution in [0.15, 0.2) is 0 Å². The summed E-state index contributed by atoms with van der Waals surface area (Å²) in [6, 6.07) is 0. The fraction of sp³-hybridized carbons (Fsp3) is 1.00. The molecule has 3 heteroatoms. The Morgan fingerprint density at radius 2 is 1.81 bits per heavy atom. The molecule has 0 unspecified atom stereocenters. The molecule has 0 bridgehead atoms. The van der Waals surface area contributed by atoms with Crippen molar-refractivity contribution in [1.29, 1.82) is 0 Å². The molecular formula is C13H27NOS. The summed E-state index contributed by atoms with van der Waals surface area (Å²) in [5.74, 6) is 0. The molecule has 0 spiro atoms. The van der Waals surface area contributed by atoms with Crippen LogP contribution in [0.3, 0.4) is 0 Å². The maximum absolute atomic E-state index is 8.71. The number of nitrogens with zero attached hydrogens (tertiary/aromatic N) is 1. The monoisotopic (exact) mass is 245 g/mol. The van der Waals surface area contributed by atoms with Crippen molar-refractivity contribution >= 4 is 12.6 Å². The van der Waals surface area contributed by atoms with Gasteiger partial charge in [-0.05, 0) is 45.7 Å². The summed E-state index contributed by atoms with van der Waals surface area (Å²) in [7, 11) is 2.20. The average Bonchev–Trinajstić information content (AvgIpc) is 2.25. The average molecular weight is 245 g/mol. The summed E-state index contributed by atoms with van der Waals surface area (Å²) in [6.45, 7) is 2.60. The minimum Gasteiger partial charge on any atom is -0.396 e. The van der Waals surface area contributed by atoms with Crippen molar-refractivity contribution in [2.45, 2.75) is 56.1 Å². The topological polar surface area (TPSA) is 23.5 Å². The summed E-state index contributed by atoms with van der Waals surface area (Å²) in [4.78, 5) is 2.41. The van der Waals surface area contributed by atoms with Gasteiger partial charge in [-0.3, -0.25) is 0 Å². The smallest absolute Gasteiger partial charge is 0.0431 e. The Morgan fingerprint density at radius 1 is 1.12 bits per heavy atom. The molecule has 1 saturated carbocycles. The Balaban J connectivity index is 2.14. The van der Waals surface area contributed by atoms with E-state index in [2.05, 4.69) is 11.9 Å². The van der Waals surface area contributed by atoms with Crippen molar-refractivity contribution in [1.82, 2.24) is 4.90 Å². The molecule has 1 aliphatic rings. The van der Waals surface area contributed by atoms with E-state index in [0.717, 1.165) is 25.9 Å². The molecule has 1 fully saturated rings. The summed E-state index contributed by atoms with van der Waals surface area (Å²) < 4.78 is 0.268. The Hall–Kier alpha value is 0.270. The lowest BCUT2D eigenvalue weighted by atomic mass is 9.88. The van der Waals surface area contributed by atoms with Gasteiger partial charge in [0, 0.05) is 17.9 Å². The first-order valence-corrected chi connectivity index (χ1v) is 7.13. The summed E-state index contributed by atoms with van der Waals surface area (Å²) in [5.41, 5.74) is 0. The fourth-order valence-corrected chi connectivity index (χ4v) is 3.18. The molecule has 0 aliphatic heterocycles. The highest BCUT2D eigenvalue weighted by Crippen LogP contribution is 2.34. The molecule has 1 aliphatic carbocycles. The predicted molar refractivity (Wildman–Crippen MR) is 73.2 cm³/mol. The van der Waals surface area contributed by atoms with Gasteiger partial charge in [0.25, 0.3) is 0 Å². The number of aliphatic hydroxyl groups excluding tert-OH is 1. The van der Waals surface area contributed by atoms with Crippen molar-refractivity contribution in [3.8, 4) is 0 Å². The molecule has 2 nitrogen and oxygen atoms in total. The Labute approximate surface area is 106 Å². The molecule has 0 aromatic rings. The summed E-state index contributed by atoms with van der Waals surface area (Å²) in [6.07, 6.45) is 9.92. The highest BCUT2D eigenvalue weighted by molar-refractivity contribution is 7.81. The largest absolute Gasteiger partial charge is 0.396 e. The van der Waals surface area contributed by atoms with Crippen LogP contribution in [0, 0.1) is 0 Å². The first-order chi connectivity index (χ1) is 7.66. The zero-order chi connectivity index (χ0) is 11.9. The van der Waals surface area contributed by atoms with Crippen LogP contribution in [-0.2, 0) is 0 Å². The lowest BCUT2D eigenvalue weighted by molar-refractivity contribution is 0.246. The van der Waals surface area contributed by atoms with E-state index in [1.54, 1.807) is 0 Å². The van der Waals surface area contributed by atoms with Gasteiger partial charge >= 0.3 is 0 Å². The summed E-state index contributed by atoms with van der Waals surface area (Å²) in [5, 5.41) is 8.71. The SMILES string of the molecule is CN(CCCCCO)CC1(S)CCCCC1. The number of rotatable bonds is 7. The molecule has 0 amide bonds. The van der Waals surface area contributed by atoms with Crippen LogP contribution in [-0.4, -0.2) is 41.5 Å². The van der Waals surface area contributed by atoms with Gasteiger partial charge in [0.05, 0.1) is 0 Å². The highest BCUT2D eigenvalue weighted by atomic mass is 32.1. The lowest BCUT2D eigenvalue weighted by Gasteiger charge is -2.36. The fourth-order valence-electron chi connectivity index (χ4n) is 2.62. The van der Waals surface area contributed by atoms with Crippen LogP contribution in [0.25, 0.3) is 0 Å². The molecule has 16 heavy (non-hydrogen) atoms. The van der Waals surface area contributed by atoms with E-state index in [0.29, 0.717) is 6.61 Å². The third kappa shape index (κ3) is 5.55. The number of thiol groups is 1. The van der Waals surface area contributed by atoms with Gasteiger partial charge in [0.1, 0.15) is 0 Å². The van der Waals surface area contributed by atoms with Crippen LogP contribution in [0.2, 0.25) is 0 Å². The van der Waals surface area contributed by atoms with E-state index >= 15 is 0 Å². The Morgan fingerprint density at radius 3 is 2.44 bits per heavy atom.